The summed E-state index contributed by atoms with van der Waals surface area (Å²) in [6.07, 6.45) is 14.7. The molecule has 2 aromatic rings. The number of ether oxygens (including phenoxy) is 2. The van der Waals surface area contributed by atoms with E-state index in [4.69, 9.17) is 22.3 Å². The molecule has 0 atom stereocenters. The molecule has 4 nitrogen and oxygen atoms in total. The third kappa shape index (κ3) is 8.26. The van der Waals surface area contributed by atoms with Crippen molar-refractivity contribution in [1.82, 2.24) is 0 Å². The van der Waals surface area contributed by atoms with Crippen LogP contribution in [-0.2, 0) is 4.79 Å². The van der Waals surface area contributed by atoms with Crippen molar-refractivity contribution in [3.8, 4) is 36.2 Å². The van der Waals surface area contributed by atoms with Gasteiger partial charge in [-0.2, -0.15) is 0 Å². The molecule has 0 aliphatic carbocycles. The Balaban J connectivity index is 0.000000283. The molecule has 2 aromatic carbocycles. The highest BCUT2D eigenvalue weighted by molar-refractivity contribution is 9.10. The van der Waals surface area contributed by atoms with E-state index < -0.39 is 0 Å². The lowest BCUT2D eigenvalue weighted by Gasteiger charge is -2.06. The van der Waals surface area contributed by atoms with Crippen LogP contribution in [0.25, 0.3) is 6.08 Å². The second-order valence-corrected chi connectivity index (χ2v) is 6.79. The molecule has 28 heavy (non-hydrogen) atoms. The molecule has 0 N–H and O–H groups in total. The minimum absolute atomic E-state index is 0.164. The maximum absolute atomic E-state index is 10.6. The summed E-state index contributed by atoms with van der Waals surface area (Å²) in [6.45, 7) is 0.371. The fourth-order valence-electron chi connectivity index (χ4n) is 1.88. The average Bonchev–Trinajstić information content (AvgIpc) is 2.70. The Bertz CT molecular complexity index is 921. The van der Waals surface area contributed by atoms with Crippen LogP contribution in [-0.4, -0.2) is 25.8 Å². The van der Waals surface area contributed by atoms with Gasteiger partial charge in [0.05, 0.1) is 5.56 Å². The monoisotopic (exact) mass is 502 g/mol. The van der Waals surface area contributed by atoms with E-state index in [2.05, 4.69) is 43.7 Å². The van der Waals surface area contributed by atoms with Gasteiger partial charge in [-0.05, 0) is 42.5 Å². The summed E-state index contributed by atoms with van der Waals surface area (Å²) in [4.78, 5) is 20.8. The van der Waals surface area contributed by atoms with E-state index in [1.54, 1.807) is 24.3 Å². The summed E-state index contributed by atoms with van der Waals surface area (Å²) in [5.41, 5.74) is 1.32. The van der Waals surface area contributed by atoms with Gasteiger partial charge >= 0.3 is 0 Å². The van der Waals surface area contributed by atoms with Crippen molar-refractivity contribution in [2.45, 2.75) is 0 Å². The van der Waals surface area contributed by atoms with E-state index in [1.807, 2.05) is 18.2 Å². The SMILES string of the molecule is C#CCOc1cc(Br)ccc1/C=C/C=O.C#CCOc1cc(Br)ccc1C=O. The van der Waals surface area contributed by atoms with Gasteiger partial charge in [-0.3, -0.25) is 9.59 Å². The van der Waals surface area contributed by atoms with E-state index in [1.165, 1.54) is 6.08 Å². The number of hydrogen-bond donors (Lipinski definition) is 0. The largest absolute Gasteiger partial charge is 0.480 e. The first kappa shape index (κ1) is 23.2. The van der Waals surface area contributed by atoms with E-state index in [0.29, 0.717) is 23.3 Å². The van der Waals surface area contributed by atoms with Crippen LogP contribution >= 0.6 is 31.9 Å². The number of carbonyl (C=O) groups excluding carboxylic acids is 2. The molecule has 0 unspecified atom stereocenters. The van der Waals surface area contributed by atoms with Crippen LogP contribution in [0, 0.1) is 24.7 Å². The number of benzene rings is 2. The minimum Gasteiger partial charge on any atom is -0.480 e. The number of terminal acetylenes is 2. The zero-order valence-corrected chi connectivity index (χ0v) is 17.9. The topological polar surface area (TPSA) is 52.6 Å². The van der Waals surface area contributed by atoms with Gasteiger partial charge < -0.3 is 9.47 Å². The molecule has 0 amide bonds. The normalized spacial score (nSPS) is 9.43. The first-order valence-corrected chi connectivity index (χ1v) is 9.43. The summed E-state index contributed by atoms with van der Waals surface area (Å²) in [5, 5.41) is 0. The molecule has 0 heterocycles. The van der Waals surface area contributed by atoms with Gasteiger partial charge in [-0.25, -0.2) is 0 Å². The second kappa shape index (κ2) is 13.4. The van der Waals surface area contributed by atoms with E-state index >= 15 is 0 Å². The molecule has 0 saturated heterocycles. The van der Waals surface area contributed by atoms with Crippen molar-refractivity contribution in [3.05, 3.63) is 62.5 Å². The number of rotatable bonds is 7. The molecule has 0 aliphatic heterocycles. The molecule has 0 aromatic heterocycles. The molecule has 0 fully saturated rings. The molecule has 142 valence electrons. The lowest BCUT2D eigenvalue weighted by molar-refractivity contribution is -0.104. The average molecular weight is 504 g/mol. The molecule has 6 heteroatoms. The van der Waals surface area contributed by atoms with E-state index in [0.717, 1.165) is 20.8 Å². The highest BCUT2D eigenvalue weighted by atomic mass is 79.9. The summed E-state index contributed by atoms with van der Waals surface area (Å²) < 4.78 is 12.2. The molecule has 0 radical (unpaired) electrons. The van der Waals surface area contributed by atoms with Gasteiger partial charge in [0, 0.05) is 14.5 Å². The van der Waals surface area contributed by atoms with Gasteiger partial charge in [-0.1, -0.05) is 49.8 Å². The molecule has 0 bridgehead atoms. The number of hydrogen-bond acceptors (Lipinski definition) is 4. The Kier molecular flexibility index (Phi) is 11.1. The molecule has 0 spiro atoms. The summed E-state index contributed by atoms with van der Waals surface area (Å²) in [7, 11) is 0. The fraction of sp³-hybridized carbons (Fsp3) is 0.0909. The van der Waals surface area contributed by atoms with Crippen LogP contribution in [0.15, 0.2) is 51.4 Å². The predicted octanol–water partition coefficient (Wildman–Crippen LogP) is 4.95. The van der Waals surface area contributed by atoms with Gasteiger partial charge in [0.2, 0.25) is 0 Å². The lowest BCUT2D eigenvalue weighted by Crippen LogP contribution is -1.96. The Hall–Kier alpha value is -2.80. The zero-order valence-electron chi connectivity index (χ0n) is 14.7. The lowest BCUT2D eigenvalue weighted by atomic mass is 10.2. The third-order valence-corrected chi connectivity index (χ3v) is 4.04. The third-order valence-electron chi connectivity index (χ3n) is 3.05. The van der Waals surface area contributed by atoms with Crippen molar-refractivity contribution in [3.63, 3.8) is 0 Å². The fourth-order valence-corrected chi connectivity index (χ4v) is 2.56. The van der Waals surface area contributed by atoms with Crippen LogP contribution in [0.5, 0.6) is 11.5 Å². The molecular formula is C22H16Br2O4. The highest BCUT2D eigenvalue weighted by Crippen LogP contribution is 2.25. The van der Waals surface area contributed by atoms with Gasteiger partial charge in [0.1, 0.15) is 31.0 Å². The smallest absolute Gasteiger partial charge is 0.153 e. The number of carbonyl (C=O) groups is 2. The van der Waals surface area contributed by atoms with Crippen LogP contribution in [0.2, 0.25) is 0 Å². The zero-order chi connectivity index (χ0) is 20.8. The maximum atomic E-state index is 10.6. The first-order chi connectivity index (χ1) is 13.5. The maximum Gasteiger partial charge on any atom is 0.153 e. The van der Waals surface area contributed by atoms with Crippen molar-refractivity contribution < 1.29 is 19.1 Å². The highest BCUT2D eigenvalue weighted by Gasteiger charge is 2.02. The number of aldehydes is 2. The van der Waals surface area contributed by atoms with Crippen LogP contribution in [0.4, 0.5) is 0 Å². The summed E-state index contributed by atoms with van der Waals surface area (Å²) in [5.74, 6) is 5.88. The summed E-state index contributed by atoms with van der Waals surface area (Å²) in [6, 6.07) is 10.7. The van der Waals surface area contributed by atoms with Gasteiger partial charge in [0.15, 0.2) is 6.29 Å². The number of halogens is 2. The van der Waals surface area contributed by atoms with Crippen LogP contribution in [0.1, 0.15) is 15.9 Å². The molecule has 0 aliphatic rings. The Labute approximate surface area is 181 Å². The van der Waals surface area contributed by atoms with E-state index in [9.17, 15) is 9.59 Å². The van der Waals surface area contributed by atoms with Crippen molar-refractivity contribution in [2.24, 2.45) is 0 Å². The van der Waals surface area contributed by atoms with Crippen molar-refractivity contribution in [1.29, 1.82) is 0 Å². The van der Waals surface area contributed by atoms with Crippen molar-refractivity contribution >= 4 is 50.5 Å². The quantitative estimate of drug-likeness (QED) is 0.305. The molecular weight excluding hydrogens is 488 g/mol. The van der Waals surface area contributed by atoms with Crippen LogP contribution in [0.3, 0.4) is 0 Å². The van der Waals surface area contributed by atoms with Crippen molar-refractivity contribution in [2.75, 3.05) is 13.2 Å². The number of allylic oxidation sites excluding steroid dienone is 1. The predicted molar refractivity (Wildman–Crippen MR) is 117 cm³/mol. The first-order valence-electron chi connectivity index (χ1n) is 7.84. The van der Waals surface area contributed by atoms with E-state index in [-0.39, 0.29) is 13.2 Å². The Morgan fingerprint density at radius 2 is 1.36 bits per heavy atom. The van der Waals surface area contributed by atoms with Gasteiger partial charge in [0.25, 0.3) is 0 Å². The van der Waals surface area contributed by atoms with Crippen LogP contribution < -0.4 is 9.47 Å². The standard InChI is InChI=1S/C12H9BrO2.C10H7BrO2/c1-2-8-15-12-9-11(13)6-5-10(12)4-3-7-14;1-2-5-13-10-6-9(11)4-3-8(10)7-12/h1,3-7,9H,8H2;1,3-4,6-7H,5H2/b4-3+;. The second-order valence-electron chi connectivity index (χ2n) is 4.96. The Morgan fingerprint density at radius 1 is 0.857 bits per heavy atom. The summed E-state index contributed by atoms with van der Waals surface area (Å²) >= 11 is 6.60. The molecule has 2 rings (SSSR count). The molecule has 0 saturated carbocycles. The van der Waals surface area contributed by atoms with Gasteiger partial charge in [-0.15, -0.1) is 12.8 Å². The minimum atomic E-state index is 0.164. The Morgan fingerprint density at radius 3 is 1.82 bits per heavy atom.